The SMILES string of the molecule is CCC(O)C(O)(O)O.CCCCCCCCCc1ccccc1CCCCC.O=P(O)(O)O.O=P(O)(O)O. The first-order valence-corrected chi connectivity index (χ1v) is 16.0. The zero-order valence-electron chi connectivity index (χ0n) is 22.8. The molecular weight excluding hydrogens is 542 g/mol. The Bertz CT molecular complexity index is 722. The Labute approximate surface area is 226 Å². The summed E-state index contributed by atoms with van der Waals surface area (Å²) in [6.45, 7) is 6.09. The number of aliphatic hydroxyl groups is 4. The fourth-order valence-electron chi connectivity index (χ4n) is 3.16. The number of hydrogen-bond acceptors (Lipinski definition) is 6. The van der Waals surface area contributed by atoms with Gasteiger partial charge in [0.1, 0.15) is 6.10 Å². The molecule has 0 aliphatic rings. The topological polar surface area (TPSA) is 236 Å². The van der Waals surface area contributed by atoms with E-state index in [2.05, 4.69) is 38.1 Å². The Morgan fingerprint density at radius 3 is 1.21 bits per heavy atom. The van der Waals surface area contributed by atoms with Crippen LogP contribution in [-0.2, 0) is 22.0 Å². The normalized spacial score (nSPS) is 12.2. The number of aliphatic hydroxyl groups excluding tert-OH is 1. The van der Waals surface area contributed by atoms with Crippen LogP contribution in [0.15, 0.2) is 24.3 Å². The molecular formula is C24H50O12P2. The average molecular weight is 593 g/mol. The Kier molecular flexibility index (Phi) is 26.5. The van der Waals surface area contributed by atoms with Gasteiger partial charge in [-0.25, -0.2) is 9.13 Å². The van der Waals surface area contributed by atoms with Crippen molar-refractivity contribution in [2.24, 2.45) is 0 Å². The zero-order valence-corrected chi connectivity index (χ0v) is 24.6. The molecule has 10 N–H and O–H groups in total. The summed E-state index contributed by atoms with van der Waals surface area (Å²) in [4.78, 5) is 43.1. The highest BCUT2D eigenvalue weighted by Gasteiger charge is 2.27. The lowest BCUT2D eigenvalue weighted by molar-refractivity contribution is -0.354. The molecule has 228 valence electrons. The zero-order chi connectivity index (χ0) is 30.3. The van der Waals surface area contributed by atoms with Crippen molar-refractivity contribution in [2.75, 3.05) is 0 Å². The van der Waals surface area contributed by atoms with Crippen molar-refractivity contribution in [3.63, 3.8) is 0 Å². The molecule has 0 amide bonds. The number of rotatable bonds is 14. The van der Waals surface area contributed by atoms with Crippen molar-refractivity contribution in [3.05, 3.63) is 35.4 Å². The smallest absolute Gasteiger partial charge is 0.385 e. The molecule has 1 aromatic rings. The van der Waals surface area contributed by atoms with Crippen LogP contribution in [0.2, 0.25) is 0 Å². The van der Waals surface area contributed by atoms with E-state index >= 15 is 0 Å². The summed E-state index contributed by atoms with van der Waals surface area (Å²) in [5, 5.41) is 32.9. The van der Waals surface area contributed by atoms with Gasteiger partial charge < -0.3 is 49.8 Å². The Balaban J connectivity index is -0.000000555. The summed E-state index contributed by atoms with van der Waals surface area (Å²) in [5.41, 5.74) is 3.21. The van der Waals surface area contributed by atoms with Gasteiger partial charge in [-0.2, -0.15) is 0 Å². The molecule has 14 heteroatoms. The van der Waals surface area contributed by atoms with E-state index in [4.69, 9.17) is 58.9 Å². The fraction of sp³-hybridized carbons (Fsp3) is 0.750. The molecule has 12 nitrogen and oxygen atoms in total. The van der Waals surface area contributed by atoms with Crippen LogP contribution in [0, 0.1) is 0 Å². The van der Waals surface area contributed by atoms with Crippen LogP contribution in [0.4, 0.5) is 0 Å². The maximum absolute atomic E-state index is 8.88. The van der Waals surface area contributed by atoms with Gasteiger partial charge in [0, 0.05) is 0 Å². The molecule has 1 atom stereocenters. The van der Waals surface area contributed by atoms with Gasteiger partial charge in [0.2, 0.25) is 0 Å². The molecule has 0 heterocycles. The third-order valence-electron chi connectivity index (χ3n) is 5.05. The van der Waals surface area contributed by atoms with Gasteiger partial charge in [0.25, 0.3) is 0 Å². The standard InChI is InChI=1S/C20H34.C4H10O4.2H3O4P/c1-3-5-7-8-9-10-12-16-20-18-14-13-17-19(20)15-11-6-4-2;1-2-3(5)4(6,7)8;2*1-5(2,3)4/h13-14,17-18H,3-12,15-16H2,1-2H3;3,5-8H,2H2,1H3;2*(H3,1,2,3,4). The Morgan fingerprint density at radius 2 is 0.921 bits per heavy atom. The molecule has 0 aromatic heterocycles. The van der Waals surface area contributed by atoms with Gasteiger partial charge in [0.15, 0.2) is 0 Å². The van der Waals surface area contributed by atoms with Gasteiger partial charge in [0.05, 0.1) is 0 Å². The van der Waals surface area contributed by atoms with Crippen LogP contribution >= 0.6 is 15.6 Å². The van der Waals surface area contributed by atoms with E-state index in [-0.39, 0.29) is 6.42 Å². The van der Waals surface area contributed by atoms with Crippen LogP contribution in [0.3, 0.4) is 0 Å². The first-order valence-electron chi connectivity index (χ1n) is 12.8. The highest BCUT2D eigenvalue weighted by molar-refractivity contribution is 7.45. The van der Waals surface area contributed by atoms with Crippen molar-refractivity contribution < 1.29 is 58.9 Å². The van der Waals surface area contributed by atoms with E-state index in [0.717, 1.165) is 0 Å². The quantitative estimate of drug-likeness (QED) is 0.0851. The van der Waals surface area contributed by atoms with E-state index in [1.54, 1.807) is 11.1 Å². The lowest BCUT2D eigenvalue weighted by atomic mass is 9.97. The number of aryl methyl sites for hydroxylation is 2. The van der Waals surface area contributed by atoms with Gasteiger partial charge >= 0.3 is 21.6 Å². The molecule has 0 aliphatic carbocycles. The van der Waals surface area contributed by atoms with E-state index in [0.29, 0.717) is 0 Å². The minimum absolute atomic E-state index is 0.101. The first kappa shape index (κ1) is 41.8. The third kappa shape index (κ3) is 39.8. The third-order valence-corrected chi connectivity index (χ3v) is 5.05. The Morgan fingerprint density at radius 1 is 0.632 bits per heavy atom. The second-order valence-electron chi connectivity index (χ2n) is 8.74. The highest BCUT2D eigenvalue weighted by Crippen LogP contribution is 2.26. The van der Waals surface area contributed by atoms with Crippen molar-refractivity contribution in [3.8, 4) is 0 Å². The lowest BCUT2D eigenvalue weighted by Gasteiger charge is -2.18. The summed E-state index contributed by atoms with van der Waals surface area (Å²) in [6.07, 6.45) is 15.1. The molecule has 0 aliphatic heterocycles. The second kappa shape index (κ2) is 24.1. The van der Waals surface area contributed by atoms with Crippen LogP contribution in [0.25, 0.3) is 0 Å². The van der Waals surface area contributed by atoms with Crippen LogP contribution in [0.1, 0.15) is 103 Å². The molecule has 1 rings (SSSR count). The van der Waals surface area contributed by atoms with Crippen LogP contribution in [-0.4, -0.2) is 61.9 Å². The van der Waals surface area contributed by atoms with Gasteiger partial charge in [-0.15, -0.1) is 0 Å². The van der Waals surface area contributed by atoms with E-state index in [1.807, 2.05) is 0 Å². The van der Waals surface area contributed by atoms with Gasteiger partial charge in [-0.05, 0) is 43.2 Å². The Hall–Kier alpha value is -0.720. The monoisotopic (exact) mass is 592 g/mol. The van der Waals surface area contributed by atoms with Crippen molar-refractivity contribution in [1.29, 1.82) is 0 Å². The predicted octanol–water partition coefficient (Wildman–Crippen LogP) is 3.24. The van der Waals surface area contributed by atoms with Crippen molar-refractivity contribution in [2.45, 2.75) is 116 Å². The van der Waals surface area contributed by atoms with Crippen molar-refractivity contribution >= 4 is 15.6 Å². The molecule has 0 saturated heterocycles. The molecule has 0 radical (unpaired) electrons. The maximum Gasteiger partial charge on any atom is 0.466 e. The lowest BCUT2D eigenvalue weighted by Crippen LogP contribution is -2.41. The predicted molar refractivity (Wildman–Crippen MR) is 146 cm³/mol. The molecule has 1 aromatic carbocycles. The van der Waals surface area contributed by atoms with Crippen LogP contribution in [0.5, 0.6) is 0 Å². The number of hydrogen-bond donors (Lipinski definition) is 10. The summed E-state index contributed by atoms with van der Waals surface area (Å²) in [5.74, 6) is -2.94. The molecule has 0 bridgehead atoms. The fourth-order valence-corrected chi connectivity index (χ4v) is 3.16. The van der Waals surface area contributed by atoms with E-state index in [1.165, 1.54) is 84.0 Å². The maximum atomic E-state index is 8.88. The van der Waals surface area contributed by atoms with E-state index in [9.17, 15) is 0 Å². The summed E-state index contributed by atoms with van der Waals surface area (Å²) in [7, 11) is -9.28. The molecule has 1 unspecified atom stereocenters. The first-order chi connectivity index (χ1) is 17.4. The highest BCUT2D eigenvalue weighted by atomic mass is 31.2. The summed E-state index contributed by atoms with van der Waals surface area (Å²) < 4.78 is 17.8. The second-order valence-corrected chi connectivity index (χ2v) is 10.8. The van der Waals surface area contributed by atoms with Gasteiger partial charge in [-0.3, -0.25) is 0 Å². The van der Waals surface area contributed by atoms with Gasteiger partial charge in [-0.1, -0.05) is 96.4 Å². The average Bonchev–Trinajstić information content (AvgIpc) is 2.76. The van der Waals surface area contributed by atoms with Crippen LogP contribution < -0.4 is 0 Å². The number of benzene rings is 1. The molecule has 0 spiro atoms. The molecule has 38 heavy (non-hydrogen) atoms. The number of unbranched alkanes of at least 4 members (excludes halogenated alkanes) is 8. The minimum atomic E-state index is -4.64. The van der Waals surface area contributed by atoms with Crippen molar-refractivity contribution in [1.82, 2.24) is 0 Å². The summed E-state index contributed by atoms with van der Waals surface area (Å²) in [6, 6.07) is 9.10. The molecule has 0 saturated carbocycles. The van der Waals surface area contributed by atoms with E-state index < -0.39 is 27.7 Å². The minimum Gasteiger partial charge on any atom is -0.385 e. The largest absolute Gasteiger partial charge is 0.466 e. The summed E-state index contributed by atoms with van der Waals surface area (Å²) >= 11 is 0. The molecule has 0 fully saturated rings. The number of phosphoric acid groups is 2.